The third-order valence-corrected chi connectivity index (χ3v) is 2.99. The summed E-state index contributed by atoms with van der Waals surface area (Å²) in [5.41, 5.74) is 0.977. The molecule has 1 aromatic rings. The third-order valence-electron chi connectivity index (χ3n) is 2.99. The van der Waals surface area contributed by atoms with Gasteiger partial charge in [0.15, 0.2) is 5.76 Å². The highest BCUT2D eigenvalue weighted by Crippen LogP contribution is 2.09. The van der Waals surface area contributed by atoms with Crippen LogP contribution in [-0.2, 0) is 17.8 Å². The molecule has 0 bridgehead atoms. The summed E-state index contributed by atoms with van der Waals surface area (Å²) in [5.74, 6) is 0.942. The average molecular weight is 253 g/mol. The van der Waals surface area contributed by atoms with Crippen LogP contribution in [0.3, 0.4) is 0 Å². The van der Waals surface area contributed by atoms with Gasteiger partial charge in [0.2, 0.25) is 0 Å². The van der Waals surface area contributed by atoms with Crippen LogP contribution in [0.1, 0.15) is 31.7 Å². The summed E-state index contributed by atoms with van der Waals surface area (Å²) in [6.07, 6.45) is 1.09. The molecule has 1 fully saturated rings. The van der Waals surface area contributed by atoms with Crippen LogP contribution in [0.4, 0.5) is 0 Å². The van der Waals surface area contributed by atoms with Crippen molar-refractivity contribution in [3.05, 3.63) is 17.5 Å². The van der Waals surface area contributed by atoms with Crippen LogP contribution < -0.4 is 5.32 Å². The van der Waals surface area contributed by atoms with Gasteiger partial charge in [0.05, 0.1) is 18.8 Å². The minimum absolute atomic E-state index is 0.466. The van der Waals surface area contributed by atoms with Crippen LogP contribution in [-0.4, -0.2) is 42.4 Å². The number of hydrogen-bond acceptors (Lipinski definition) is 5. The molecule has 1 N–H and O–H groups in total. The normalized spacial score (nSPS) is 18.2. The third kappa shape index (κ3) is 4.40. The van der Waals surface area contributed by atoms with Crippen molar-refractivity contribution >= 4 is 0 Å². The highest BCUT2D eigenvalue weighted by Gasteiger charge is 2.12. The van der Waals surface area contributed by atoms with E-state index in [1.807, 2.05) is 6.07 Å². The molecule has 0 amide bonds. The van der Waals surface area contributed by atoms with Gasteiger partial charge in [0.25, 0.3) is 0 Å². The molecule has 5 nitrogen and oxygen atoms in total. The Bertz CT molecular complexity index is 344. The Morgan fingerprint density at radius 2 is 2.28 bits per heavy atom. The lowest BCUT2D eigenvalue weighted by Crippen LogP contribution is -2.25. The van der Waals surface area contributed by atoms with E-state index in [1.54, 1.807) is 0 Å². The summed E-state index contributed by atoms with van der Waals surface area (Å²) in [6, 6.07) is 2.51. The average Bonchev–Trinajstić information content (AvgIpc) is 2.62. The summed E-state index contributed by atoms with van der Waals surface area (Å²) < 4.78 is 10.8. The number of nitrogens with one attached hydrogen (secondary N) is 1. The first-order valence-corrected chi connectivity index (χ1v) is 6.72. The van der Waals surface area contributed by atoms with Gasteiger partial charge in [-0.25, -0.2) is 0 Å². The number of hydrogen-bond donors (Lipinski definition) is 1. The zero-order chi connectivity index (χ0) is 12.8. The molecule has 0 unspecified atom stereocenters. The maximum Gasteiger partial charge on any atom is 0.151 e. The fraction of sp³-hybridized carbons (Fsp3) is 0.769. The van der Waals surface area contributed by atoms with Crippen LogP contribution in [0.2, 0.25) is 0 Å². The van der Waals surface area contributed by atoms with E-state index in [1.165, 1.54) is 0 Å². The zero-order valence-corrected chi connectivity index (χ0v) is 11.3. The van der Waals surface area contributed by atoms with Crippen molar-refractivity contribution < 1.29 is 9.26 Å². The van der Waals surface area contributed by atoms with Gasteiger partial charge < -0.3 is 14.6 Å². The summed E-state index contributed by atoms with van der Waals surface area (Å²) in [6.45, 7) is 9.58. The fourth-order valence-corrected chi connectivity index (χ4v) is 2.00. The van der Waals surface area contributed by atoms with Gasteiger partial charge in [0.1, 0.15) is 0 Å². The maximum atomic E-state index is 5.43. The van der Waals surface area contributed by atoms with E-state index in [0.29, 0.717) is 6.04 Å². The molecule has 0 radical (unpaired) electrons. The van der Waals surface area contributed by atoms with E-state index in [4.69, 9.17) is 9.26 Å². The molecule has 0 aromatic carbocycles. The lowest BCUT2D eigenvalue weighted by Gasteiger charge is -2.16. The monoisotopic (exact) mass is 253 g/mol. The van der Waals surface area contributed by atoms with Crippen molar-refractivity contribution in [1.82, 2.24) is 15.4 Å². The van der Waals surface area contributed by atoms with Crippen molar-refractivity contribution in [3.8, 4) is 0 Å². The van der Waals surface area contributed by atoms with Crippen LogP contribution in [0, 0.1) is 0 Å². The summed E-state index contributed by atoms with van der Waals surface area (Å²) >= 11 is 0. The van der Waals surface area contributed by atoms with Crippen molar-refractivity contribution in [1.29, 1.82) is 0 Å². The largest absolute Gasteiger partial charge is 0.380 e. The summed E-state index contributed by atoms with van der Waals surface area (Å²) in [5, 5.41) is 7.41. The second-order valence-corrected chi connectivity index (χ2v) is 5.06. The molecule has 2 rings (SSSR count). The summed E-state index contributed by atoms with van der Waals surface area (Å²) in [4.78, 5) is 2.35. The Hall–Kier alpha value is -0.910. The van der Waals surface area contributed by atoms with Gasteiger partial charge >= 0.3 is 0 Å². The van der Waals surface area contributed by atoms with E-state index in [0.717, 1.165) is 57.3 Å². The topological polar surface area (TPSA) is 50.5 Å². The molecule has 0 aliphatic carbocycles. The Balaban J connectivity index is 1.81. The quantitative estimate of drug-likeness (QED) is 0.859. The van der Waals surface area contributed by atoms with Crippen LogP contribution in [0.25, 0.3) is 0 Å². The molecule has 1 aliphatic rings. The van der Waals surface area contributed by atoms with Crippen molar-refractivity contribution in [3.63, 3.8) is 0 Å². The molecule has 0 spiro atoms. The van der Waals surface area contributed by atoms with E-state index in [-0.39, 0.29) is 0 Å². The second kappa shape index (κ2) is 6.87. The Kier molecular flexibility index (Phi) is 5.16. The summed E-state index contributed by atoms with van der Waals surface area (Å²) in [7, 11) is 0. The van der Waals surface area contributed by atoms with Gasteiger partial charge in [0, 0.05) is 38.3 Å². The van der Waals surface area contributed by atoms with E-state index >= 15 is 0 Å². The first-order chi connectivity index (χ1) is 8.74. The number of nitrogens with zero attached hydrogens (tertiary/aromatic N) is 2. The van der Waals surface area contributed by atoms with Gasteiger partial charge in [-0.3, -0.25) is 4.90 Å². The molecule has 0 saturated carbocycles. The second-order valence-electron chi connectivity index (χ2n) is 5.06. The van der Waals surface area contributed by atoms with E-state index in [9.17, 15) is 0 Å². The molecule has 102 valence electrons. The maximum absolute atomic E-state index is 5.43. The zero-order valence-electron chi connectivity index (χ0n) is 11.3. The lowest BCUT2D eigenvalue weighted by atomic mass is 10.3. The van der Waals surface area contributed by atoms with E-state index < -0.39 is 0 Å². The first-order valence-electron chi connectivity index (χ1n) is 6.72. The highest BCUT2D eigenvalue weighted by atomic mass is 16.5. The lowest BCUT2D eigenvalue weighted by molar-refractivity contribution is 0.138. The van der Waals surface area contributed by atoms with Crippen LogP contribution in [0.15, 0.2) is 10.6 Å². The molecule has 1 saturated heterocycles. The molecule has 0 atom stereocenters. The molecular weight excluding hydrogens is 230 g/mol. The molecule has 18 heavy (non-hydrogen) atoms. The molecule has 2 heterocycles. The van der Waals surface area contributed by atoms with Crippen molar-refractivity contribution in [2.45, 2.75) is 39.4 Å². The van der Waals surface area contributed by atoms with Gasteiger partial charge in [-0.15, -0.1) is 0 Å². The Morgan fingerprint density at radius 3 is 3.11 bits per heavy atom. The fourth-order valence-electron chi connectivity index (χ4n) is 2.00. The predicted octanol–water partition coefficient (Wildman–Crippen LogP) is 1.39. The molecule has 1 aromatic heterocycles. The number of rotatable bonds is 5. The number of aromatic nitrogens is 1. The van der Waals surface area contributed by atoms with Crippen molar-refractivity contribution in [2.24, 2.45) is 0 Å². The highest BCUT2D eigenvalue weighted by molar-refractivity contribution is 5.05. The standard InChI is InChI=1S/C13H23N3O2/c1-11(2)14-9-12-8-13(18-15-12)10-16-4-3-6-17-7-5-16/h8,11,14H,3-7,9-10H2,1-2H3. The smallest absolute Gasteiger partial charge is 0.151 e. The number of ether oxygens (including phenoxy) is 1. The van der Waals surface area contributed by atoms with Crippen LogP contribution in [0.5, 0.6) is 0 Å². The van der Waals surface area contributed by atoms with E-state index in [2.05, 4.69) is 29.2 Å². The minimum Gasteiger partial charge on any atom is -0.380 e. The predicted molar refractivity (Wildman–Crippen MR) is 69.2 cm³/mol. The van der Waals surface area contributed by atoms with Gasteiger partial charge in [-0.05, 0) is 6.42 Å². The Labute approximate surface area is 108 Å². The molecule has 5 heteroatoms. The molecular formula is C13H23N3O2. The molecule has 1 aliphatic heterocycles. The minimum atomic E-state index is 0.466. The van der Waals surface area contributed by atoms with Crippen LogP contribution >= 0.6 is 0 Å². The Morgan fingerprint density at radius 1 is 1.39 bits per heavy atom. The van der Waals surface area contributed by atoms with Gasteiger partial charge in [-0.1, -0.05) is 19.0 Å². The van der Waals surface area contributed by atoms with Crippen molar-refractivity contribution in [2.75, 3.05) is 26.3 Å². The first kappa shape index (κ1) is 13.5. The van der Waals surface area contributed by atoms with Gasteiger partial charge in [-0.2, -0.15) is 0 Å². The SMILES string of the molecule is CC(C)NCc1cc(CN2CCCOCC2)on1.